The standard InChI is InChI=1S/C19H21NO/c20-19(11-5-8-14-6-1-3-9-17(14)19)13-16-12-15-7-2-4-10-18(15)21-16/h1-4,6-7,9-10,16H,5,8,11-13,20H2. The molecule has 0 bridgehead atoms. The van der Waals surface area contributed by atoms with Crippen LogP contribution in [0.1, 0.15) is 36.0 Å². The highest BCUT2D eigenvalue weighted by molar-refractivity contribution is 5.39. The second-order valence-corrected chi connectivity index (χ2v) is 6.42. The van der Waals surface area contributed by atoms with Crippen molar-refractivity contribution in [3.05, 3.63) is 65.2 Å². The van der Waals surface area contributed by atoms with Crippen LogP contribution in [-0.4, -0.2) is 6.10 Å². The first-order chi connectivity index (χ1) is 10.2. The van der Waals surface area contributed by atoms with Gasteiger partial charge < -0.3 is 10.5 Å². The third-order valence-corrected chi connectivity index (χ3v) is 4.93. The topological polar surface area (TPSA) is 35.2 Å². The van der Waals surface area contributed by atoms with Gasteiger partial charge in [0.2, 0.25) is 0 Å². The summed E-state index contributed by atoms with van der Waals surface area (Å²) in [5.41, 5.74) is 10.6. The lowest BCUT2D eigenvalue weighted by Gasteiger charge is -2.37. The quantitative estimate of drug-likeness (QED) is 0.912. The normalized spacial score (nSPS) is 26.8. The lowest BCUT2D eigenvalue weighted by atomic mass is 9.74. The summed E-state index contributed by atoms with van der Waals surface area (Å²) < 4.78 is 6.11. The number of para-hydroxylation sites is 1. The van der Waals surface area contributed by atoms with Gasteiger partial charge in [-0.3, -0.25) is 0 Å². The van der Waals surface area contributed by atoms with Gasteiger partial charge in [0.1, 0.15) is 11.9 Å². The average molecular weight is 279 g/mol. The molecule has 1 heterocycles. The van der Waals surface area contributed by atoms with E-state index < -0.39 is 0 Å². The van der Waals surface area contributed by atoms with E-state index in [1.165, 1.54) is 23.1 Å². The number of hydrogen-bond acceptors (Lipinski definition) is 2. The summed E-state index contributed by atoms with van der Waals surface area (Å²) in [6, 6.07) is 17.0. The van der Waals surface area contributed by atoms with E-state index in [0.717, 1.165) is 31.4 Å². The molecule has 0 saturated carbocycles. The third-order valence-electron chi connectivity index (χ3n) is 4.93. The van der Waals surface area contributed by atoms with Crippen molar-refractivity contribution in [1.29, 1.82) is 0 Å². The number of fused-ring (bicyclic) bond motifs is 2. The molecule has 2 atom stereocenters. The molecule has 0 spiro atoms. The van der Waals surface area contributed by atoms with Gasteiger partial charge in [-0.25, -0.2) is 0 Å². The van der Waals surface area contributed by atoms with E-state index in [4.69, 9.17) is 10.5 Å². The predicted octanol–water partition coefficient (Wildman–Crippen LogP) is 3.57. The molecule has 0 fully saturated rings. The van der Waals surface area contributed by atoms with Crippen molar-refractivity contribution in [3.8, 4) is 5.75 Å². The molecule has 1 aliphatic heterocycles. The maximum atomic E-state index is 6.81. The Morgan fingerprint density at radius 3 is 2.67 bits per heavy atom. The van der Waals surface area contributed by atoms with Gasteiger partial charge in [-0.2, -0.15) is 0 Å². The SMILES string of the molecule is NC1(CC2Cc3ccccc3O2)CCCc2ccccc21. The van der Waals surface area contributed by atoms with Crippen LogP contribution in [0.4, 0.5) is 0 Å². The molecule has 2 aliphatic rings. The molecular formula is C19H21NO. The number of nitrogens with two attached hydrogens (primary N) is 1. The Morgan fingerprint density at radius 2 is 1.81 bits per heavy atom. The Labute approximate surface area is 125 Å². The zero-order chi connectivity index (χ0) is 14.3. The second-order valence-electron chi connectivity index (χ2n) is 6.42. The molecule has 2 aromatic carbocycles. The monoisotopic (exact) mass is 279 g/mol. The number of rotatable bonds is 2. The summed E-state index contributed by atoms with van der Waals surface area (Å²) in [5.74, 6) is 1.04. The third kappa shape index (κ3) is 2.24. The molecule has 2 unspecified atom stereocenters. The van der Waals surface area contributed by atoms with Crippen LogP contribution in [0.3, 0.4) is 0 Å². The van der Waals surface area contributed by atoms with Crippen LogP contribution in [0, 0.1) is 0 Å². The molecule has 108 valence electrons. The Bertz CT molecular complexity index is 641. The van der Waals surface area contributed by atoms with Crippen molar-refractivity contribution < 1.29 is 4.74 Å². The van der Waals surface area contributed by atoms with Gasteiger partial charge >= 0.3 is 0 Å². The highest BCUT2D eigenvalue weighted by atomic mass is 16.5. The molecule has 2 aromatic rings. The van der Waals surface area contributed by atoms with Crippen LogP contribution in [0.5, 0.6) is 5.75 Å². The summed E-state index contributed by atoms with van der Waals surface area (Å²) in [4.78, 5) is 0. The van der Waals surface area contributed by atoms with E-state index >= 15 is 0 Å². The smallest absolute Gasteiger partial charge is 0.123 e. The minimum atomic E-state index is -0.235. The predicted molar refractivity (Wildman–Crippen MR) is 84.4 cm³/mol. The van der Waals surface area contributed by atoms with E-state index in [0.29, 0.717) is 0 Å². The summed E-state index contributed by atoms with van der Waals surface area (Å²) in [5, 5.41) is 0. The Kier molecular flexibility index (Phi) is 3.00. The fourth-order valence-electron chi connectivity index (χ4n) is 3.94. The molecule has 0 aromatic heterocycles. The molecule has 4 rings (SSSR count). The Morgan fingerprint density at radius 1 is 1.05 bits per heavy atom. The summed E-state index contributed by atoms with van der Waals surface area (Å²) in [6.07, 6.45) is 5.48. The van der Waals surface area contributed by atoms with Gasteiger partial charge in [0.15, 0.2) is 0 Å². The molecule has 2 heteroatoms. The van der Waals surface area contributed by atoms with Gasteiger partial charge in [0, 0.05) is 18.4 Å². The first-order valence-corrected chi connectivity index (χ1v) is 7.86. The van der Waals surface area contributed by atoms with Gasteiger partial charge in [-0.05, 0) is 42.0 Å². The average Bonchev–Trinajstić information content (AvgIpc) is 2.89. The molecule has 0 radical (unpaired) electrons. The zero-order valence-electron chi connectivity index (χ0n) is 12.2. The van der Waals surface area contributed by atoms with Crippen molar-refractivity contribution in [1.82, 2.24) is 0 Å². The van der Waals surface area contributed by atoms with Crippen LogP contribution in [0.15, 0.2) is 48.5 Å². The number of hydrogen-bond donors (Lipinski definition) is 1. The molecule has 21 heavy (non-hydrogen) atoms. The van der Waals surface area contributed by atoms with E-state index in [1.807, 2.05) is 6.07 Å². The van der Waals surface area contributed by atoms with Crippen LogP contribution in [0.25, 0.3) is 0 Å². The van der Waals surface area contributed by atoms with Crippen molar-refractivity contribution in [2.75, 3.05) is 0 Å². The van der Waals surface area contributed by atoms with E-state index in [1.54, 1.807) is 0 Å². The minimum Gasteiger partial charge on any atom is -0.490 e. The van der Waals surface area contributed by atoms with Crippen LogP contribution >= 0.6 is 0 Å². The van der Waals surface area contributed by atoms with Gasteiger partial charge in [0.25, 0.3) is 0 Å². The summed E-state index contributed by atoms with van der Waals surface area (Å²) >= 11 is 0. The number of ether oxygens (including phenoxy) is 1. The van der Waals surface area contributed by atoms with Crippen LogP contribution in [-0.2, 0) is 18.4 Å². The lowest BCUT2D eigenvalue weighted by Crippen LogP contribution is -2.43. The lowest BCUT2D eigenvalue weighted by molar-refractivity contribution is 0.168. The highest BCUT2D eigenvalue weighted by Gasteiger charge is 2.37. The minimum absolute atomic E-state index is 0.207. The summed E-state index contributed by atoms with van der Waals surface area (Å²) in [7, 11) is 0. The number of benzene rings is 2. The highest BCUT2D eigenvalue weighted by Crippen LogP contribution is 2.40. The van der Waals surface area contributed by atoms with E-state index in [9.17, 15) is 0 Å². The number of aryl methyl sites for hydroxylation is 1. The molecule has 0 amide bonds. The maximum Gasteiger partial charge on any atom is 0.123 e. The molecular weight excluding hydrogens is 258 g/mol. The molecule has 1 aliphatic carbocycles. The van der Waals surface area contributed by atoms with Crippen molar-refractivity contribution in [3.63, 3.8) is 0 Å². The fourth-order valence-corrected chi connectivity index (χ4v) is 3.94. The zero-order valence-corrected chi connectivity index (χ0v) is 12.2. The first kappa shape index (κ1) is 12.9. The van der Waals surface area contributed by atoms with Crippen molar-refractivity contribution in [2.24, 2.45) is 5.73 Å². The van der Waals surface area contributed by atoms with Gasteiger partial charge in [-0.15, -0.1) is 0 Å². The van der Waals surface area contributed by atoms with Gasteiger partial charge in [-0.1, -0.05) is 42.5 Å². The molecule has 2 N–H and O–H groups in total. The molecule has 2 nitrogen and oxygen atoms in total. The maximum absolute atomic E-state index is 6.81. The summed E-state index contributed by atoms with van der Waals surface area (Å²) in [6.45, 7) is 0. The Hall–Kier alpha value is -1.80. The Balaban J connectivity index is 1.59. The van der Waals surface area contributed by atoms with Crippen LogP contribution < -0.4 is 10.5 Å². The van der Waals surface area contributed by atoms with Crippen molar-refractivity contribution in [2.45, 2.75) is 43.7 Å². The molecule has 0 saturated heterocycles. The second kappa shape index (κ2) is 4.88. The van der Waals surface area contributed by atoms with Gasteiger partial charge in [0.05, 0.1) is 0 Å². The van der Waals surface area contributed by atoms with Crippen molar-refractivity contribution >= 4 is 0 Å². The van der Waals surface area contributed by atoms with Crippen LogP contribution in [0.2, 0.25) is 0 Å². The first-order valence-electron chi connectivity index (χ1n) is 7.86. The van der Waals surface area contributed by atoms with E-state index in [2.05, 4.69) is 42.5 Å². The van der Waals surface area contributed by atoms with E-state index in [-0.39, 0.29) is 11.6 Å². The fraction of sp³-hybridized carbons (Fsp3) is 0.368. The largest absolute Gasteiger partial charge is 0.490 e.